The topological polar surface area (TPSA) is 32.3 Å². The van der Waals surface area contributed by atoms with Gasteiger partial charge < -0.3 is 10.2 Å². The predicted molar refractivity (Wildman–Crippen MR) is 68.9 cm³/mol. The summed E-state index contributed by atoms with van der Waals surface area (Å²) in [4.78, 5) is 13.6. The Morgan fingerprint density at radius 1 is 1.56 bits per heavy atom. The number of amides is 1. The first kappa shape index (κ1) is 13.3. The van der Waals surface area contributed by atoms with E-state index in [0.717, 1.165) is 24.9 Å². The highest BCUT2D eigenvalue weighted by Crippen LogP contribution is 2.16. The van der Waals surface area contributed by atoms with Gasteiger partial charge in [-0.3, -0.25) is 4.79 Å². The second-order valence-electron chi connectivity index (χ2n) is 4.58. The second kappa shape index (κ2) is 5.67. The minimum Gasteiger partial charge on any atom is -0.344 e. The Labute approximate surface area is 111 Å². The number of hydrogen-bond donors (Lipinski definition) is 1. The van der Waals surface area contributed by atoms with E-state index in [-0.39, 0.29) is 17.0 Å². The predicted octanol–water partition coefficient (Wildman–Crippen LogP) is 2.19. The van der Waals surface area contributed by atoms with Crippen LogP contribution in [0.5, 0.6) is 0 Å². The molecule has 0 aromatic heterocycles. The zero-order valence-electron chi connectivity index (χ0n) is 10.2. The molecular formula is C13H16ClFN2O. The molecule has 1 aromatic carbocycles. The normalized spacial score (nSPS) is 20.3. The Kier molecular flexibility index (Phi) is 4.19. The summed E-state index contributed by atoms with van der Waals surface area (Å²) in [5.41, 5.74) is 0.790. The van der Waals surface area contributed by atoms with Gasteiger partial charge in [0, 0.05) is 20.1 Å². The standard InChI is InChI=1S/C13H16ClFN2O/c1-17-6-2-3-12(13(17)18)16-8-9-4-5-10(14)11(15)7-9/h4-5,7,12,16H,2-3,6,8H2,1H3. The smallest absolute Gasteiger partial charge is 0.239 e. The zero-order chi connectivity index (χ0) is 13.1. The van der Waals surface area contributed by atoms with E-state index in [9.17, 15) is 9.18 Å². The first-order valence-corrected chi connectivity index (χ1v) is 6.38. The van der Waals surface area contributed by atoms with Crippen LogP contribution in [0.25, 0.3) is 0 Å². The highest BCUT2D eigenvalue weighted by Gasteiger charge is 2.25. The summed E-state index contributed by atoms with van der Waals surface area (Å²) in [5, 5.41) is 3.28. The Hall–Kier alpha value is -1.13. The minimum atomic E-state index is -0.428. The molecule has 1 atom stereocenters. The Morgan fingerprint density at radius 2 is 2.33 bits per heavy atom. The van der Waals surface area contributed by atoms with Gasteiger partial charge >= 0.3 is 0 Å². The number of benzene rings is 1. The Bertz CT molecular complexity index is 453. The van der Waals surface area contributed by atoms with Crippen molar-refractivity contribution in [3.05, 3.63) is 34.6 Å². The summed E-state index contributed by atoms with van der Waals surface area (Å²) >= 11 is 5.62. The lowest BCUT2D eigenvalue weighted by molar-refractivity contribution is -0.134. The maximum Gasteiger partial charge on any atom is 0.239 e. The van der Waals surface area contributed by atoms with Crippen LogP contribution in [0.1, 0.15) is 18.4 Å². The lowest BCUT2D eigenvalue weighted by atomic mass is 10.0. The number of carbonyl (C=O) groups is 1. The van der Waals surface area contributed by atoms with E-state index < -0.39 is 5.82 Å². The van der Waals surface area contributed by atoms with Crippen LogP contribution in [0.4, 0.5) is 4.39 Å². The summed E-state index contributed by atoms with van der Waals surface area (Å²) in [6, 6.07) is 4.52. The van der Waals surface area contributed by atoms with Crippen molar-refractivity contribution in [2.45, 2.75) is 25.4 Å². The molecule has 1 aliphatic heterocycles. The molecule has 1 heterocycles. The number of halogens is 2. The van der Waals surface area contributed by atoms with Crippen molar-refractivity contribution in [2.75, 3.05) is 13.6 Å². The van der Waals surface area contributed by atoms with Crippen LogP contribution in [-0.4, -0.2) is 30.4 Å². The molecule has 1 aromatic rings. The summed E-state index contributed by atoms with van der Waals surface area (Å²) in [5.74, 6) is -0.321. The molecule has 1 N–H and O–H groups in total. The van der Waals surface area contributed by atoms with Crippen molar-refractivity contribution < 1.29 is 9.18 Å². The number of nitrogens with zero attached hydrogens (tertiary/aromatic N) is 1. The number of likely N-dealkylation sites (N-methyl/N-ethyl adjacent to an activating group) is 1. The van der Waals surface area contributed by atoms with Gasteiger partial charge in [0.15, 0.2) is 0 Å². The quantitative estimate of drug-likeness (QED) is 0.913. The average molecular weight is 271 g/mol. The molecule has 0 spiro atoms. The van der Waals surface area contributed by atoms with Crippen LogP contribution in [-0.2, 0) is 11.3 Å². The third kappa shape index (κ3) is 3.00. The summed E-state index contributed by atoms with van der Waals surface area (Å²) < 4.78 is 13.2. The molecule has 0 radical (unpaired) electrons. The van der Waals surface area contributed by atoms with Gasteiger partial charge in [-0.05, 0) is 30.5 Å². The fourth-order valence-corrected chi connectivity index (χ4v) is 2.23. The Morgan fingerprint density at radius 3 is 3.06 bits per heavy atom. The fraction of sp³-hybridized carbons (Fsp3) is 0.462. The van der Waals surface area contributed by atoms with Crippen LogP contribution >= 0.6 is 11.6 Å². The third-order valence-corrected chi connectivity index (χ3v) is 3.50. The number of piperidine rings is 1. The third-order valence-electron chi connectivity index (χ3n) is 3.20. The van der Waals surface area contributed by atoms with Crippen LogP contribution in [0.15, 0.2) is 18.2 Å². The number of hydrogen-bond acceptors (Lipinski definition) is 2. The number of nitrogens with one attached hydrogen (secondary N) is 1. The van der Waals surface area contributed by atoms with Crippen LogP contribution in [0, 0.1) is 5.82 Å². The van der Waals surface area contributed by atoms with Gasteiger partial charge in [0.25, 0.3) is 0 Å². The highest BCUT2D eigenvalue weighted by molar-refractivity contribution is 6.30. The van der Waals surface area contributed by atoms with Gasteiger partial charge in [0.1, 0.15) is 5.82 Å². The van der Waals surface area contributed by atoms with Crippen LogP contribution < -0.4 is 5.32 Å². The van der Waals surface area contributed by atoms with Gasteiger partial charge in [-0.1, -0.05) is 17.7 Å². The molecule has 1 unspecified atom stereocenters. The largest absolute Gasteiger partial charge is 0.344 e. The minimum absolute atomic E-state index is 0.107. The van der Waals surface area contributed by atoms with Crippen molar-refractivity contribution in [3.63, 3.8) is 0 Å². The molecule has 0 aliphatic carbocycles. The zero-order valence-corrected chi connectivity index (χ0v) is 11.0. The van der Waals surface area contributed by atoms with Gasteiger partial charge in [-0.2, -0.15) is 0 Å². The second-order valence-corrected chi connectivity index (χ2v) is 4.99. The van der Waals surface area contributed by atoms with Crippen molar-refractivity contribution in [1.29, 1.82) is 0 Å². The van der Waals surface area contributed by atoms with Gasteiger partial charge in [-0.25, -0.2) is 4.39 Å². The summed E-state index contributed by atoms with van der Waals surface area (Å²) in [7, 11) is 1.80. The number of carbonyl (C=O) groups excluding carboxylic acids is 1. The number of likely N-dealkylation sites (tertiary alicyclic amines) is 1. The number of rotatable bonds is 3. The fourth-order valence-electron chi connectivity index (χ4n) is 2.11. The van der Waals surface area contributed by atoms with E-state index in [2.05, 4.69) is 5.32 Å². The molecule has 3 nitrogen and oxygen atoms in total. The maximum atomic E-state index is 13.2. The monoisotopic (exact) mass is 270 g/mol. The molecule has 0 bridgehead atoms. The van der Waals surface area contributed by atoms with Crippen molar-refractivity contribution in [1.82, 2.24) is 10.2 Å². The molecule has 0 saturated carbocycles. The lowest BCUT2D eigenvalue weighted by Gasteiger charge is -2.29. The molecule has 1 saturated heterocycles. The van der Waals surface area contributed by atoms with E-state index in [0.29, 0.717) is 6.54 Å². The molecule has 1 aliphatic rings. The van der Waals surface area contributed by atoms with E-state index in [1.54, 1.807) is 18.0 Å². The van der Waals surface area contributed by atoms with Crippen molar-refractivity contribution >= 4 is 17.5 Å². The van der Waals surface area contributed by atoms with Crippen molar-refractivity contribution in [2.24, 2.45) is 0 Å². The molecule has 1 fully saturated rings. The van der Waals surface area contributed by atoms with E-state index >= 15 is 0 Å². The SMILES string of the molecule is CN1CCCC(NCc2ccc(Cl)c(F)c2)C1=O. The van der Waals surface area contributed by atoms with Crippen LogP contribution in [0.3, 0.4) is 0 Å². The summed E-state index contributed by atoms with van der Waals surface area (Å²) in [6.07, 6.45) is 1.83. The molecule has 1 amide bonds. The first-order valence-electron chi connectivity index (χ1n) is 6.00. The van der Waals surface area contributed by atoms with E-state index in [1.807, 2.05) is 0 Å². The first-order chi connectivity index (χ1) is 8.58. The molecule has 18 heavy (non-hydrogen) atoms. The van der Waals surface area contributed by atoms with Gasteiger partial charge in [0.2, 0.25) is 5.91 Å². The average Bonchev–Trinajstić information content (AvgIpc) is 2.35. The summed E-state index contributed by atoms with van der Waals surface area (Å²) in [6.45, 7) is 1.28. The lowest BCUT2D eigenvalue weighted by Crippen LogP contribution is -2.48. The molecular weight excluding hydrogens is 255 g/mol. The van der Waals surface area contributed by atoms with Gasteiger partial charge in [-0.15, -0.1) is 0 Å². The highest BCUT2D eigenvalue weighted by atomic mass is 35.5. The van der Waals surface area contributed by atoms with Gasteiger partial charge in [0.05, 0.1) is 11.1 Å². The Balaban J connectivity index is 1.94. The molecule has 98 valence electrons. The van der Waals surface area contributed by atoms with E-state index in [4.69, 9.17) is 11.6 Å². The van der Waals surface area contributed by atoms with E-state index in [1.165, 1.54) is 12.1 Å². The van der Waals surface area contributed by atoms with Crippen molar-refractivity contribution in [3.8, 4) is 0 Å². The van der Waals surface area contributed by atoms with Crippen LogP contribution in [0.2, 0.25) is 5.02 Å². The maximum absolute atomic E-state index is 13.2. The molecule has 2 rings (SSSR count). The molecule has 5 heteroatoms.